The van der Waals surface area contributed by atoms with Gasteiger partial charge in [0.2, 0.25) is 5.89 Å². The molecular formula is C34H32N4O4. The van der Waals surface area contributed by atoms with Gasteiger partial charge in [-0.25, -0.2) is 10.8 Å². The number of carbonyl (C=O) groups is 2. The Hall–Kier alpha value is -5.21. The summed E-state index contributed by atoms with van der Waals surface area (Å²) in [5.74, 6) is 7.05. The average molecular weight is 561 g/mol. The molecule has 5 aromatic rings. The van der Waals surface area contributed by atoms with Gasteiger partial charge in [0.1, 0.15) is 17.6 Å². The maximum atomic E-state index is 13.2. The summed E-state index contributed by atoms with van der Waals surface area (Å²) < 4.78 is 11.8. The van der Waals surface area contributed by atoms with Crippen LogP contribution < -0.4 is 21.3 Å². The van der Waals surface area contributed by atoms with E-state index in [9.17, 15) is 9.59 Å². The van der Waals surface area contributed by atoms with E-state index in [0.717, 1.165) is 22.6 Å². The van der Waals surface area contributed by atoms with Crippen LogP contribution in [0.1, 0.15) is 32.9 Å². The number of nitrogens with zero attached hydrogens (tertiary/aromatic N) is 1. The summed E-state index contributed by atoms with van der Waals surface area (Å²) in [5.41, 5.74) is 6.52. The van der Waals surface area contributed by atoms with Gasteiger partial charge in [-0.05, 0) is 48.9 Å². The monoisotopic (exact) mass is 560 g/mol. The molecule has 1 heterocycles. The number of ketones is 1. The van der Waals surface area contributed by atoms with Gasteiger partial charge >= 0.3 is 0 Å². The topological polar surface area (TPSA) is 119 Å². The molecule has 0 unspecified atom stereocenters. The molecule has 0 spiro atoms. The van der Waals surface area contributed by atoms with Crippen molar-refractivity contribution < 1.29 is 18.7 Å². The van der Waals surface area contributed by atoms with Gasteiger partial charge in [0.15, 0.2) is 5.78 Å². The second-order valence-electron chi connectivity index (χ2n) is 9.78. The van der Waals surface area contributed by atoms with E-state index in [1.807, 2.05) is 85.8 Å². The molecule has 0 aliphatic rings. The van der Waals surface area contributed by atoms with Gasteiger partial charge in [0.25, 0.3) is 5.91 Å². The Labute approximate surface area is 244 Å². The lowest BCUT2D eigenvalue weighted by atomic mass is 10.00. The molecule has 1 aromatic heterocycles. The molecule has 8 heteroatoms. The lowest BCUT2D eigenvalue weighted by Gasteiger charge is -2.20. The van der Waals surface area contributed by atoms with Gasteiger partial charge in [0, 0.05) is 35.2 Å². The molecule has 5 rings (SSSR count). The third-order valence-electron chi connectivity index (χ3n) is 6.88. The van der Waals surface area contributed by atoms with Crippen LogP contribution in [0.2, 0.25) is 0 Å². The molecule has 0 bridgehead atoms. The van der Waals surface area contributed by atoms with Crippen molar-refractivity contribution in [1.82, 2.24) is 10.4 Å². The number of para-hydroxylation sites is 1. The number of benzene rings is 4. The second kappa shape index (κ2) is 13.4. The lowest BCUT2D eigenvalue weighted by molar-refractivity contribution is -0.121. The number of ether oxygens (including phenoxy) is 1. The number of hydrogen-bond acceptors (Lipinski definition) is 7. The molecule has 0 aliphatic carbocycles. The normalized spacial score (nSPS) is 11.5. The minimum Gasteiger partial charge on any atom is -0.493 e. The Morgan fingerprint density at radius 3 is 2.26 bits per heavy atom. The first-order chi connectivity index (χ1) is 20.5. The van der Waals surface area contributed by atoms with Crippen molar-refractivity contribution in [3.05, 3.63) is 137 Å². The van der Waals surface area contributed by atoms with Crippen LogP contribution in [0.15, 0.2) is 114 Å². The standard InChI is InChI=1S/C34H32N4O4/c1-23-29(37-34(42-23)26-12-6-3-7-13-26)20-21-41-27-18-16-24(17-19-27)22-31(33(40)38-35)36-30-15-9-8-14-28(30)32(39)25-10-4-2-5-11-25/h2-19,31,36H,20-22,35H2,1H3,(H,38,40)/t31-/m0/s1. The Bertz CT molecular complexity index is 1630. The van der Waals surface area contributed by atoms with Gasteiger partial charge in [-0.1, -0.05) is 72.8 Å². The highest BCUT2D eigenvalue weighted by Crippen LogP contribution is 2.23. The van der Waals surface area contributed by atoms with E-state index >= 15 is 0 Å². The molecule has 8 nitrogen and oxygen atoms in total. The number of aromatic nitrogens is 1. The summed E-state index contributed by atoms with van der Waals surface area (Å²) in [4.78, 5) is 30.5. The molecule has 0 aliphatic heterocycles. The number of aryl methyl sites for hydroxylation is 1. The molecule has 1 amide bonds. The van der Waals surface area contributed by atoms with Gasteiger partial charge in [0.05, 0.1) is 12.3 Å². The third kappa shape index (κ3) is 6.92. The van der Waals surface area contributed by atoms with Crippen molar-refractivity contribution in [2.75, 3.05) is 11.9 Å². The second-order valence-corrected chi connectivity index (χ2v) is 9.78. The first kappa shape index (κ1) is 28.3. The third-order valence-corrected chi connectivity index (χ3v) is 6.88. The van der Waals surface area contributed by atoms with Crippen molar-refractivity contribution in [2.24, 2.45) is 5.84 Å². The van der Waals surface area contributed by atoms with Crippen LogP contribution in [0.25, 0.3) is 11.5 Å². The number of carbonyl (C=O) groups excluding carboxylic acids is 2. The maximum absolute atomic E-state index is 13.2. The van der Waals surface area contributed by atoms with Gasteiger partial charge in [-0.2, -0.15) is 0 Å². The summed E-state index contributed by atoms with van der Waals surface area (Å²) in [6.45, 7) is 2.34. The first-order valence-electron chi connectivity index (χ1n) is 13.7. The van der Waals surface area contributed by atoms with E-state index < -0.39 is 11.9 Å². The number of anilines is 1. The number of hydrazine groups is 1. The molecule has 0 radical (unpaired) electrons. The highest BCUT2D eigenvalue weighted by molar-refractivity contribution is 6.12. The Kier molecular flexibility index (Phi) is 9.06. The Balaban J connectivity index is 1.21. The number of hydrogen-bond donors (Lipinski definition) is 3. The number of oxazole rings is 1. The first-order valence-corrected chi connectivity index (χ1v) is 13.7. The van der Waals surface area contributed by atoms with Crippen molar-refractivity contribution in [2.45, 2.75) is 25.8 Å². The minimum absolute atomic E-state index is 0.135. The van der Waals surface area contributed by atoms with Crippen LogP contribution in [0.5, 0.6) is 5.75 Å². The van der Waals surface area contributed by atoms with E-state index in [2.05, 4.69) is 15.7 Å². The van der Waals surface area contributed by atoms with Crippen LogP contribution in [0.3, 0.4) is 0 Å². The highest BCUT2D eigenvalue weighted by atomic mass is 16.5. The predicted octanol–water partition coefficient (Wildman–Crippen LogP) is 5.52. The fourth-order valence-corrected chi connectivity index (χ4v) is 4.64. The molecule has 42 heavy (non-hydrogen) atoms. The number of amides is 1. The molecule has 4 aromatic carbocycles. The molecule has 0 saturated heterocycles. The van der Waals surface area contributed by atoms with Crippen LogP contribution in [0, 0.1) is 6.92 Å². The smallest absolute Gasteiger partial charge is 0.256 e. The van der Waals surface area contributed by atoms with Gasteiger partial charge in [-0.3, -0.25) is 15.0 Å². The van der Waals surface area contributed by atoms with Crippen molar-refractivity contribution in [3.63, 3.8) is 0 Å². The fourth-order valence-electron chi connectivity index (χ4n) is 4.64. The predicted molar refractivity (Wildman–Crippen MR) is 162 cm³/mol. The summed E-state index contributed by atoms with van der Waals surface area (Å²) in [6, 6.07) is 32.8. The largest absolute Gasteiger partial charge is 0.493 e. The van der Waals surface area contributed by atoms with E-state index in [-0.39, 0.29) is 5.78 Å². The Morgan fingerprint density at radius 1 is 0.881 bits per heavy atom. The van der Waals surface area contributed by atoms with Crippen molar-refractivity contribution in [1.29, 1.82) is 0 Å². The van der Waals surface area contributed by atoms with E-state index in [0.29, 0.717) is 47.9 Å². The Morgan fingerprint density at radius 2 is 1.55 bits per heavy atom. The zero-order chi connectivity index (χ0) is 29.3. The van der Waals surface area contributed by atoms with Gasteiger partial charge < -0.3 is 14.5 Å². The lowest BCUT2D eigenvalue weighted by Crippen LogP contribution is -2.44. The van der Waals surface area contributed by atoms with Crippen LogP contribution in [0.4, 0.5) is 5.69 Å². The quantitative estimate of drug-likeness (QED) is 0.0796. The molecule has 0 fully saturated rings. The summed E-state index contributed by atoms with van der Waals surface area (Å²) in [5, 5.41) is 3.22. The minimum atomic E-state index is -0.708. The summed E-state index contributed by atoms with van der Waals surface area (Å²) in [7, 11) is 0. The van der Waals surface area contributed by atoms with E-state index in [4.69, 9.17) is 15.0 Å². The average Bonchev–Trinajstić information content (AvgIpc) is 3.42. The number of nitrogens with two attached hydrogens (primary N) is 1. The molecule has 1 atom stereocenters. The van der Waals surface area contributed by atoms with Crippen LogP contribution >= 0.6 is 0 Å². The summed E-state index contributed by atoms with van der Waals surface area (Å²) >= 11 is 0. The van der Waals surface area contributed by atoms with Crippen molar-refractivity contribution in [3.8, 4) is 17.2 Å². The molecule has 4 N–H and O–H groups in total. The van der Waals surface area contributed by atoms with E-state index in [1.54, 1.807) is 30.3 Å². The molecule has 0 saturated carbocycles. The SMILES string of the molecule is Cc1oc(-c2ccccc2)nc1CCOc1ccc(C[C@H](Nc2ccccc2C(=O)c2ccccc2)C(=O)NN)cc1. The van der Waals surface area contributed by atoms with Gasteiger partial charge in [-0.15, -0.1) is 0 Å². The fraction of sp³-hybridized carbons (Fsp3) is 0.147. The molecular weight excluding hydrogens is 528 g/mol. The number of rotatable bonds is 12. The maximum Gasteiger partial charge on any atom is 0.256 e. The zero-order valence-electron chi connectivity index (χ0n) is 23.2. The van der Waals surface area contributed by atoms with Crippen LogP contribution in [-0.4, -0.2) is 29.3 Å². The summed E-state index contributed by atoms with van der Waals surface area (Å²) in [6.07, 6.45) is 0.950. The number of nitrogens with one attached hydrogen (secondary N) is 2. The van der Waals surface area contributed by atoms with Crippen LogP contribution in [-0.2, 0) is 17.6 Å². The van der Waals surface area contributed by atoms with E-state index in [1.165, 1.54) is 0 Å². The van der Waals surface area contributed by atoms with Crippen molar-refractivity contribution >= 4 is 17.4 Å². The highest BCUT2D eigenvalue weighted by Gasteiger charge is 2.21. The molecule has 212 valence electrons. The zero-order valence-corrected chi connectivity index (χ0v) is 23.2.